The smallest absolute Gasteiger partial charge is 0.358 e. The Morgan fingerprint density at radius 1 is 1.73 bits per heavy atom. The lowest BCUT2D eigenvalue weighted by Crippen LogP contribution is -2.08. The second-order valence-corrected chi connectivity index (χ2v) is 2.96. The van der Waals surface area contributed by atoms with Gasteiger partial charge in [-0.1, -0.05) is 11.6 Å². The first-order chi connectivity index (χ1) is 7.10. The van der Waals surface area contributed by atoms with Crippen LogP contribution in [0.1, 0.15) is 16.2 Å². The summed E-state index contributed by atoms with van der Waals surface area (Å²) in [4.78, 5) is 15.0. The van der Waals surface area contributed by atoms with Gasteiger partial charge in [0.25, 0.3) is 0 Å². The Hall–Kier alpha value is -1.62. The highest BCUT2D eigenvalue weighted by Gasteiger charge is 2.15. The third-order valence-electron chi connectivity index (χ3n) is 1.62. The number of hydrogen-bond acceptors (Lipinski definition) is 4. The number of esters is 1. The number of nitrogen functional groups attached to an aromatic ring is 1. The van der Waals surface area contributed by atoms with E-state index in [1.165, 1.54) is 13.2 Å². The molecule has 0 aliphatic rings. The molecule has 0 aromatic carbocycles. The van der Waals surface area contributed by atoms with Crippen LogP contribution in [-0.2, 0) is 4.74 Å². The molecule has 0 unspecified atom stereocenters. The number of nitrogens with two attached hydrogens (primary N) is 1. The average Bonchev–Trinajstić information content (AvgIpc) is 2.22. The molecule has 1 rings (SSSR count). The summed E-state index contributed by atoms with van der Waals surface area (Å²) in [5, 5.41) is -0.00198. The van der Waals surface area contributed by atoms with Gasteiger partial charge in [-0.2, -0.15) is 0 Å². The van der Waals surface area contributed by atoms with Gasteiger partial charge in [-0.3, -0.25) is 0 Å². The monoisotopic (exact) mass is 230 g/mol. The number of carbonyl (C=O) groups excluding carboxylic acids is 1. The summed E-state index contributed by atoms with van der Waals surface area (Å²) >= 11 is 5.73. The number of halogens is 2. The van der Waals surface area contributed by atoms with Crippen LogP contribution >= 0.6 is 11.6 Å². The van der Waals surface area contributed by atoms with E-state index in [1.807, 2.05) is 0 Å². The van der Waals surface area contributed by atoms with Gasteiger partial charge in [0.15, 0.2) is 5.69 Å². The number of hydrogen-bond donors (Lipinski definition) is 1. The van der Waals surface area contributed by atoms with E-state index < -0.39 is 5.97 Å². The van der Waals surface area contributed by atoms with Crippen molar-refractivity contribution in [3.8, 4) is 0 Å². The molecule has 15 heavy (non-hydrogen) atoms. The molecule has 1 heterocycles. The Bertz CT molecular complexity index is 421. The van der Waals surface area contributed by atoms with Crippen LogP contribution in [0.5, 0.6) is 0 Å². The van der Waals surface area contributed by atoms with Gasteiger partial charge >= 0.3 is 5.97 Å². The number of anilines is 1. The second-order valence-electron chi connectivity index (χ2n) is 2.58. The normalized spacial score (nSPS) is 10.6. The highest BCUT2D eigenvalue weighted by molar-refractivity contribution is 6.35. The van der Waals surface area contributed by atoms with Gasteiger partial charge in [-0.05, 0) is 12.1 Å². The highest BCUT2D eigenvalue weighted by Crippen LogP contribution is 2.24. The quantitative estimate of drug-likeness (QED) is 0.790. The fourth-order valence-electron chi connectivity index (χ4n) is 0.952. The van der Waals surface area contributed by atoms with Crippen molar-refractivity contribution in [2.45, 2.75) is 0 Å². The summed E-state index contributed by atoms with van der Waals surface area (Å²) < 4.78 is 16.4. The minimum atomic E-state index is -0.721. The number of methoxy groups -OCH3 is 1. The number of rotatable bonds is 2. The van der Waals surface area contributed by atoms with Crippen molar-refractivity contribution in [3.05, 3.63) is 28.8 Å². The molecular formula is C9H8ClFN2O2. The van der Waals surface area contributed by atoms with Crippen molar-refractivity contribution in [3.63, 3.8) is 0 Å². The maximum atomic E-state index is 11.9. The van der Waals surface area contributed by atoms with Crippen LogP contribution in [0.25, 0.3) is 6.08 Å². The predicted molar refractivity (Wildman–Crippen MR) is 55.1 cm³/mol. The fraction of sp³-hybridized carbons (Fsp3) is 0.111. The molecule has 0 atom stereocenters. The van der Waals surface area contributed by atoms with Gasteiger partial charge in [0.05, 0.1) is 29.8 Å². The van der Waals surface area contributed by atoms with Gasteiger partial charge < -0.3 is 10.5 Å². The largest absolute Gasteiger partial charge is 0.464 e. The molecule has 2 N–H and O–H groups in total. The van der Waals surface area contributed by atoms with Gasteiger partial charge in [-0.15, -0.1) is 0 Å². The molecule has 0 saturated carbocycles. The third-order valence-corrected chi connectivity index (χ3v) is 2.02. The fourth-order valence-corrected chi connectivity index (χ4v) is 1.13. The summed E-state index contributed by atoms with van der Waals surface area (Å²) in [6, 6.07) is 1.35. The van der Waals surface area contributed by atoms with Crippen LogP contribution in [0.4, 0.5) is 10.1 Å². The lowest BCUT2D eigenvalue weighted by Gasteiger charge is -2.05. The Balaban J connectivity index is 3.30. The Kier molecular flexibility index (Phi) is 3.62. The molecule has 0 spiro atoms. The average molecular weight is 231 g/mol. The van der Waals surface area contributed by atoms with Gasteiger partial charge in [0.2, 0.25) is 0 Å². The molecule has 6 heteroatoms. The molecule has 0 aliphatic carbocycles. The first kappa shape index (κ1) is 11.5. The van der Waals surface area contributed by atoms with Crippen molar-refractivity contribution in [1.82, 2.24) is 4.98 Å². The number of nitrogens with zero attached hydrogens (tertiary/aromatic N) is 1. The highest BCUT2D eigenvalue weighted by atomic mass is 35.5. The van der Waals surface area contributed by atoms with E-state index in [0.29, 0.717) is 0 Å². The lowest BCUT2D eigenvalue weighted by molar-refractivity contribution is 0.0594. The molecule has 1 aromatic heterocycles. The SMILES string of the molecule is COC(=O)c1nc(C=CF)cc(N)c1Cl. The Morgan fingerprint density at radius 2 is 2.40 bits per heavy atom. The number of pyridine rings is 1. The zero-order chi connectivity index (χ0) is 11.4. The van der Waals surface area contributed by atoms with E-state index in [2.05, 4.69) is 9.72 Å². The summed E-state index contributed by atoms with van der Waals surface area (Å²) in [6.45, 7) is 0. The van der Waals surface area contributed by atoms with Crippen LogP contribution in [0, 0.1) is 0 Å². The molecule has 0 saturated heterocycles. The molecule has 0 aliphatic heterocycles. The van der Waals surface area contributed by atoms with Crippen molar-refractivity contribution >= 4 is 29.3 Å². The maximum Gasteiger partial charge on any atom is 0.358 e. The minimum Gasteiger partial charge on any atom is -0.464 e. The number of carbonyl (C=O) groups is 1. The second kappa shape index (κ2) is 4.75. The zero-order valence-corrected chi connectivity index (χ0v) is 8.58. The van der Waals surface area contributed by atoms with Gasteiger partial charge in [0, 0.05) is 0 Å². The molecule has 4 nitrogen and oxygen atoms in total. The van der Waals surface area contributed by atoms with Crippen LogP contribution in [0.3, 0.4) is 0 Å². The topological polar surface area (TPSA) is 65.2 Å². The van der Waals surface area contributed by atoms with E-state index in [0.717, 1.165) is 6.08 Å². The van der Waals surface area contributed by atoms with Gasteiger partial charge in [-0.25, -0.2) is 14.2 Å². The molecule has 0 bridgehead atoms. The Labute approximate surface area is 90.5 Å². The summed E-state index contributed by atoms with van der Waals surface area (Å²) in [6.07, 6.45) is 1.34. The zero-order valence-electron chi connectivity index (χ0n) is 7.83. The minimum absolute atomic E-state index is 0.00198. The molecule has 0 amide bonds. The van der Waals surface area contributed by atoms with E-state index in [9.17, 15) is 9.18 Å². The number of ether oxygens (including phenoxy) is 1. The standard InChI is InChI=1S/C9H8ClFN2O2/c1-15-9(14)8-7(10)6(12)4-5(13-8)2-3-11/h2-4H,1H3,(H2,12,13). The van der Waals surface area contributed by atoms with Crippen molar-refractivity contribution in [2.75, 3.05) is 12.8 Å². The predicted octanol–water partition coefficient (Wildman–Crippen LogP) is 2.04. The van der Waals surface area contributed by atoms with Crippen LogP contribution < -0.4 is 5.73 Å². The van der Waals surface area contributed by atoms with Crippen molar-refractivity contribution in [2.24, 2.45) is 0 Å². The summed E-state index contributed by atoms with van der Waals surface area (Å²) in [7, 11) is 1.19. The maximum absolute atomic E-state index is 11.9. The molecule has 1 aromatic rings. The molecule has 0 radical (unpaired) electrons. The first-order valence-electron chi connectivity index (χ1n) is 3.91. The van der Waals surface area contributed by atoms with Crippen molar-refractivity contribution < 1.29 is 13.9 Å². The van der Waals surface area contributed by atoms with E-state index in [4.69, 9.17) is 17.3 Å². The van der Waals surface area contributed by atoms with Crippen LogP contribution in [0.15, 0.2) is 12.4 Å². The number of aromatic nitrogens is 1. The van der Waals surface area contributed by atoms with Crippen LogP contribution in [-0.4, -0.2) is 18.1 Å². The summed E-state index contributed by atoms with van der Waals surface area (Å²) in [5.74, 6) is -0.721. The van der Waals surface area contributed by atoms with E-state index >= 15 is 0 Å². The van der Waals surface area contributed by atoms with Crippen LogP contribution in [0.2, 0.25) is 5.02 Å². The van der Waals surface area contributed by atoms with E-state index in [1.54, 1.807) is 0 Å². The molecule has 0 fully saturated rings. The molecule has 80 valence electrons. The van der Waals surface area contributed by atoms with Gasteiger partial charge in [0.1, 0.15) is 0 Å². The van der Waals surface area contributed by atoms with Crippen molar-refractivity contribution in [1.29, 1.82) is 0 Å². The lowest BCUT2D eigenvalue weighted by atomic mass is 10.2. The van der Waals surface area contributed by atoms with E-state index in [-0.39, 0.29) is 28.4 Å². The first-order valence-corrected chi connectivity index (χ1v) is 4.29. The summed E-state index contributed by atoms with van der Waals surface area (Å²) in [5.41, 5.74) is 5.71. The Morgan fingerprint density at radius 3 is 2.93 bits per heavy atom. The third kappa shape index (κ3) is 2.44. The molecular weight excluding hydrogens is 223 g/mol.